The first kappa shape index (κ1) is 25.4. The van der Waals surface area contributed by atoms with E-state index in [0.29, 0.717) is 35.6 Å². The van der Waals surface area contributed by atoms with Crippen LogP contribution in [-0.2, 0) is 25.5 Å². The van der Waals surface area contributed by atoms with Gasteiger partial charge in [0.1, 0.15) is 0 Å². The molecule has 0 fully saturated rings. The molecule has 0 spiro atoms. The number of allylic oxidation sites excluding steroid dienone is 1. The van der Waals surface area contributed by atoms with Gasteiger partial charge in [0.2, 0.25) is 17.4 Å². The molecule has 1 aliphatic rings. The summed E-state index contributed by atoms with van der Waals surface area (Å²) in [6.07, 6.45) is -2.92. The number of fused-ring (bicyclic) bond motifs is 1. The molecule has 4 rings (SSSR count). The van der Waals surface area contributed by atoms with Crippen molar-refractivity contribution in [3.63, 3.8) is 0 Å². The fraction of sp³-hybridized carbons (Fsp3) is 0.346. The summed E-state index contributed by atoms with van der Waals surface area (Å²) in [5.41, 5.74) is -2.00. The lowest BCUT2D eigenvalue weighted by Gasteiger charge is -2.25. The number of rotatable bonds is 5. The van der Waals surface area contributed by atoms with Crippen molar-refractivity contribution in [1.29, 1.82) is 0 Å². The van der Waals surface area contributed by atoms with Crippen LogP contribution in [0.1, 0.15) is 41.0 Å². The van der Waals surface area contributed by atoms with E-state index in [2.05, 4.69) is 16.1 Å². The highest BCUT2D eigenvalue weighted by Crippen LogP contribution is 2.40. The van der Waals surface area contributed by atoms with Gasteiger partial charge in [0.15, 0.2) is 0 Å². The second-order valence-corrected chi connectivity index (χ2v) is 9.02. The van der Waals surface area contributed by atoms with Crippen molar-refractivity contribution >= 4 is 5.57 Å². The Morgan fingerprint density at radius 1 is 1.19 bits per heavy atom. The Hall–Kier alpha value is -3.68. The zero-order valence-electron chi connectivity index (χ0n) is 20.3. The van der Waals surface area contributed by atoms with Crippen LogP contribution < -0.4 is 5.56 Å². The molecule has 10 heteroatoms. The quantitative estimate of drug-likeness (QED) is 0.545. The molecule has 1 aromatic carbocycles. The predicted molar refractivity (Wildman–Crippen MR) is 127 cm³/mol. The SMILES string of the molecule is CC1=C(c2nnc(CCN(C)C)o2)c2c(C#CC(O)(c3ccccc3)C(F)(F)F)cn(C)c(=O)c2C1. The smallest absolute Gasteiger partial charge is 0.421 e. The van der Waals surface area contributed by atoms with Gasteiger partial charge in [-0.05, 0) is 26.9 Å². The summed E-state index contributed by atoms with van der Waals surface area (Å²) in [5.74, 6) is 5.13. The summed E-state index contributed by atoms with van der Waals surface area (Å²) >= 11 is 0. The molecule has 3 aromatic rings. The Bertz CT molecular complexity index is 1440. The maximum Gasteiger partial charge on any atom is 0.433 e. The summed E-state index contributed by atoms with van der Waals surface area (Å²) in [7, 11) is 5.32. The van der Waals surface area contributed by atoms with Crippen molar-refractivity contribution in [3.8, 4) is 11.8 Å². The molecule has 2 heterocycles. The van der Waals surface area contributed by atoms with Crippen LogP contribution in [0.4, 0.5) is 13.2 Å². The van der Waals surface area contributed by atoms with E-state index in [-0.39, 0.29) is 23.4 Å². The number of hydrogen-bond acceptors (Lipinski definition) is 6. The van der Waals surface area contributed by atoms with Crippen LogP contribution in [0.3, 0.4) is 0 Å². The van der Waals surface area contributed by atoms with Crippen LogP contribution in [0.25, 0.3) is 5.57 Å². The minimum atomic E-state index is -5.06. The second kappa shape index (κ2) is 9.41. The zero-order valence-corrected chi connectivity index (χ0v) is 20.3. The molecule has 1 aliphatic carbocycles. The lowest BCUT2D eigenvalue weighted by atomic mass is 9.92. The number of hydrogen-bond donors (Lipinski definition) is 1. The van der Waals surface area contributed by atoms with Gasteiger partial charge in [-0.25, -0.2) is 0 Å². The van der Waals surface area contributed by atoms with Crippen LogP contribution in [0.15, 0.2) is 51.3 Å². The molecule has 1 unspecified atom stereocenters. The zero-order chi connectivity index (χ0) is 26.3. The molecule has 0 amide bonds. The number of likely N-dealkylation sites (N-methyl/N-ethyl adjacent to an activating group) is 1. The van der Waals surface area contributed by atoms with E-state index in [0.717, 1.165) is 17.7 Å². The molecule has 2 aromatic heterocycles. The van der Waals surface area contributed by atoms with Gasteiger partial charge in [-0.1, -0.05) is 41.8 Å². The summed E-state index contributed by atoms with van der Waals surface area (Å²) in [4.78, 5) is 14.8. The van der Waals surface area contributed by atoms with Crippen LogP contribution in [-0.4, -0.2) is 51.6 Å². The Morgan fingerprint density at radius 3 is 2.53 bits per heavy atom. The Morgan fingerprint density at radius 2 is 1.89 bits per heavy atom. The molecule has 0 radical (unpaired) electrons. The normalized spacial score (nSPS) is 15.0. The number of alkyl halides is 3. The average Bonchev–Trinajstić information content (AvgIpc) is 3.42. The van der Waals surface area contributed by atoms with E-state index in [1.165, 1.54) is 29.9 Å². The van der Waals surface area contributed by atoms with Gasteiger partial charge < -0.3 is 19.0 Å². The molecule has 36 heavy (non-hydrogen) atoms. The average molecular weight is 499 g/mol. The molecular formula is C26H25F3N4O3. The molecule has 0 saturated carbocycles. The first-order chi connectivity index (χ1) is 16.9. The number of pyridine rings is 1. The Labute approximate surface area is 205 Å². The molecule has 188 valence electrons. The predicted octanol–water partition coefficient (Wildman–Crippen LogP) is 3.05. The fourth-order valence-corrected chi connectivity index (χ4v) is 4.12. The summed E-state index contributed by atoms with van der Waals surface area (Å²) in [6.45, 7) is 2.48. The highest BCUT2D eigenvalue weighted by Gasteiger charge is 2.54. The molecule has 0 saturated heterocycles. The standard InChI is InChI=1S/C26H25F3N4O3/c1-16-14-19-22(21(16)23-31-30-20(36-23)11-13-32(2)3)17(15-33(4)24(19)34)10-12-25(35,26(27,28)29)18-8-6-5-7-9-18/h5-9,15,35H,11,13-14H2,1-4H3. The van der Waals surface area contributed by atoms with Crippen molar-refractivity contribution in [1.82, 2.24) is 19.7 Å². The third-order valence-electron chi connectivity index (χ3n) is 6.02. The lowest BCUT2D eigenvalue weighted by molar-refractivity contribution is -0.240. The summed E-state index contributed by atoms with van der Waals surface area (Å²) in [5, 5.41) is 18.9. The Kier molecular flexibility index (Phi) is 6.64. The van der Waals surface area contributed by atoms with Crippen molar-refractivity contribution in [3.05, 3.63) is 86.5 Å². The molecular weight excluding hydrogens is 473 g/mol. The van der Waals surface area contributed by atoms with Crippen molar-refractivity contribution < 1.29 is 22.7 Å². The Balaban J connectivity index is 1.85. The monoisotopic (exact) mass is 498 g/mol. The maximum absolute atomic E-state index is 14.0. The molecule has 1 atom stereocenters. The lowest BCUT2D eigenvalue weighted by Crippen LogP contribution is -2.41. The van der Waals surface area contributed by atoms with Gasteiger partial charge in [-0.2, -0.15) is 13.2 Å². The summed E-state index contributed by atoms with van der Waals surface area (Å²) < 4.78 is 49.1. The van der Waals surface area contributed by atoms with E-state index < -0.39 is 17.3 Å². The highest BCUT2D eigenvalue weighted by atomic mass is 19.4. The van der Waals surface area contributed by atoms with Crippen LogP contribution in [0.2, 0.25) is 0 Å². The first-order valence-corrected chi connectivity index (χ1v) is 11.2. The van der Waals surface area contributed by atoms with E-state index in [1.807, 2.05) is 24.9 Å². The van der Waals surface area contributed by atoms with Gasteiger partial charge >= 0.3 is 6.18 Å². The largest absolute Gasteiger partial charge is 0.433 e. The number of halogens is 3. The van der Waals surface area contributed by atoms with Crippen LogP contribution in [0.5, 0.6) is 0 Å². The minimum Gasteiger partial charge on any atom is -0.421 e. The van der Waals surface area contributed by atoms with Crippen LogP contribution in [0, 0.1) is 11.8 Å². The van der Waals surface area contributed by atoms with Gasteiger partial charge in [-0.15, -0.1) is 10.2 Å². The third-order valence-corrected chi connectivity index (χ3v) is 6.02. The number of benzene rings is 1. The fourth-order valence-electron chi connectivity index (χ4n) is 4.12. The van der Waals surface area contributed by atoms with E-state index >= 15 is 0 Å². The number of aromatic nitrogens is 3. The van der Waals surface area contributed by atoms with E-state index in [1.54, 1.807) is 13.0 Å². The molecule has 0 aliphatic heterocycles. The van der Waals surface area contributed by atoms with Crippen molar-refractivity contribution in [2.24, 2.45) is 7.05 Å². The second-order valence-electron chi connectivity index (χ2n) is 9.02. The van der Waals surface area contributed by atoms with Gasteiger partial charge in [0.05, 0.1) is 0 Å². The van der Waals surface area contributed by atoms with Crippen molar-refractivity contribution in [2.75, 3.05) is 20.6 Å². The maximum atomic E-state index is 14.0. The van der Waals surface area contributed by atoms with Crippen LogP contribution >= 0.6 is 0 Å². The molecule has 7 nitrogen and oxygen atoms in total. The van der Waals surface area contributed by atoms with Gasteiger partial charge in [-0.3, -0.25) is 4.79 Å². The summed E-state index contributed by atoms with van der Waals surface area (Å²) in [6, 6.07) is 6.66. The number of aryl methyl sites for hydroxylation is 1. The topological polar surface area (TPSA) is 84.4 Å². The van der Waals surface area contributed by atoms with E-state index in [9.17, 15) is 23.1 Å². The number of nitrogens with zero attached hydrogens (tertiary/aromatic N) is 4. The van der Waals surface area contributed by atoms with Gasteiger partial charge in [0.25, 0.3) is 5.56 Å². The van der Waals surface area contributed by atoms with E-state index in [4.69, 9.17) is 4.42 Å². The number of aliphatic hydroxyl groups is 1. The molecule has 0 bridgehead atoms. The molecule has 1 N–H and O–H groups in total. The minimum absolute atomic E-state index is 0.144. The third kappa shape index (κ3) is 4.59. The highest BCUT2D eigenvalue weighted by molar-refractivity contribution is 5.86. The van der Waals surface area contributed by atoms with Crippen molar-refractivity contribution in [2.45, 2.75) is 31.5 Å². The van der Waals surface area contributed by atoms with Gasteiger partial charge in [0, 0.05) is 60.5 Å². The first-order valence-electron chi connectivity index (χ1n) is 11.2.